The molecular formula is C27H32N6S. The van der Waals surface area contributed by atoms with Crippen molar-refractivity contribution in [2.24, 2.45) is 5.92 Å². The number of H-pyrrole nitrogens is 1. The van der Waals surface area contributed by atoms with Gasteiger partial charge in [-0.3, -0.25) is 4.90 Å². The van der Waals surface area contributed by atoms with Crippen LogP contribution in [0.3, 0.4) is 0 Å². The third-order valence-corrected chi connectivity index (χ3v) is 9.78. The second-order valence-corrected chi connectivity index (χ2v) is 11.6. The summed E-state index contributed by atoms with van der Waals surface area (Å²) in [6.45, 7) is 13.4. The Labute approximate surface area is 204 Å². The number of fused-ring (bicyclic) bond motifs is 4. The maximum Gasteiger partial charge on any atom is 0.158 e. The zero-order chi connectivity index (χ0) is 23.7. The minimum atomic E-state index is 0.414. The number of aromatic amines is 1. The Balaban J connectivity index is 1.42. The first-order chi connectivity index (χ1) is 16.4. The predicted molar refractivity (Wildman–Crippen MR) is 138 cm³/mol. The minimum Gasteiger partial charge on any atom is -0.346 e. The summed E-state index contributed by atoms with van der Waals surface area (Å²) in [5, 5.41) is 14.8. The van der Waals surface area contributed by atoms with E-state index in [1.54, 1.807) is 11.2 Å². The maximum atomic E-state index is 8.98. The van der Waals surface area contributed by atoms with Crippen molar-refractivity contribution in [3.05, 3.63) is 39.7 Å². The maximum absolute atomic E-state index is 8.98. The van der Waals surface area contributed by atoms with E-state index in [0.29, 0.717) is 24.3 Å². The molecule has 1 N–H and O–H groups in total. The molecule has 1 aliphatic heterocycles. The van der Waals surface area contributed by atoms with Crippen molar-refractivity contribution in [2.45, 2.75) is 71.8 Å². The van der Waals surface area contributed by atoms with Crippen LogP contribution in [0.1, 0.15) is 72.1 Å². The van der Waals surface area contributed by atoms with Crippen LogP contribution in [0.25, 0.3) is 27.1 Å². The highest BCUT2D eigenvalue weighted by Crippen LogP contribution is 2.53. The molecule has 6 rings (SSSR count). The van der Waals surface area contributed by atoms with Gasteiger partial charge in [0.25, 0.3) is 0 Å². The third-order valence-electron chi connectivity index (χ3n) is 8.44. The number of thiophene rings is 1. The van der Waals surface area contributed by atoms with Gasteiger partial charge in [-0.05, 0) is 73.6 Å². The molecule has 176 valence electrons. The number of pyridine rings is 1. The molecule has 1 aliphatic carbocycles. The number of piperidine rings is 1. The summed E-state index contributed by atoms with van der Waals surface area (Å²) < 4.78 is 1.91. The van der Waals surface area contributed by atoms with E-state index in [4.69, 9.17) is 5.26 Å². The molecule has 2 bridgehead atoms. The van der Waals surface area contributed by atoms with E-state index < -0.39 is 0 Å². The Morgan fingerprint density at radius 3 is 2.74 bits per heavy atom. The summed E-state index contributed by atoms with van der Waals surface area (Å²) in [6, 6.07) is 2.97. The highest BCUT2D eigenvalue weighted by Gasteiger charge is 2.46. The molecule has 0 radical (unpaired) electrons. The molecule has 1 unspecified atom stereocenters. The van der Waals surface area contributed by atoms with E-state index in [2.05, 4.69) is 66.9 Å². The molecule has 0 aromatic carbocycles. The van der Waals surface area contributed by atoms with Crippen LogP contribution < -0.4 is 0 Å². The van der Waals surface area contributed by atoms with Gasteiger partial charge in [0, 0.05) is 47.6 Å². The largest absolute Gasteiger partial charge is 0.346 e. The molecular weight excluding hydrogens is 440 g/mol. The van der Waals surface area contributed by atoms with E-state index in [-0.39, 0.29) is 0 Å². The first kappa shape index (κ1) is 21.8. The van der Waals surface area contributed by atoms with Crippen LogP contribution in [0.15, 0.2) is 12.5 Å². The summed E-state index contributed by atoms with van der Waals surface area (Å²) in [6.07, 6.45) is 6.95. The number of rotatable bonds is 5. The Bertz CT molecular complexity index is 1450. The van der Waals surface area contributed by atoms with Gasteiger partial charge in [0.2, 0.25) is 0 Å². The topological polar surface area (TPSA) is 73.0 Å². The number of aromatic nitrogens is 4. The van der Waals surface area contributed by atoms with Crippen LogP contribution in [0.4, 0.5) is 0 Å². The Morgan fingerprint density at radius 2 is 2.03 bits per heavy atom. The van der Waals surface area contributed by atoms with Crippen LogP contribution in [-0.2, 0) is 0 Å². The molecule has 0 spiro atoms. The fourth-order valence-corrected chi connectivity index (χ4v) is 8.11. The highest BCUT2D eigenvalue weighted by molar-refractivity contribution is 7.19. The average Bonchev–Trinajstić information content (AvgIpc) is 3.61. The van der Waals surface area contributed by atoms with Crippen molar-refractivity contribution in [1.82, 2.24) is 24.5 Å². The zero-order valence-corrected chi connectivity index (χ0v) is 21.5. The van der Waals surface area contributed by atoms with Crippen LogP contribution in [0.2, 0.25) is 0 Å². The molecule has 2 fully saturated rings. The molecule has 1 saturated heterocycles. The average molecular weight is 473 g/mol. The van der Waals surface area contributed by atoms with E-state index in [1.165, 1.54) is 56.6 Å². The minimum absolute atomic E-state index is 0.414. The van der Waals surface area contributed by atoms with Crippen molar-refractivity contribution in [2.75, 3.05) is 13.1 Å². The summed E-state index contributed by atoms with van der Waals surface area (Å²) in [4.78, 5) is 13.8. The van der Waals surface area contributed by atoms with Crippen LogP contribution >= 0.6 is 11.3 Å². The van der Waals surface area contributed by atoms with Crippen molar-refractivity contribution in [3.8, 4) is 17.3 Å². The lowest BCUT2D eigenvalue weighted by atomic mass is 9.88. The number of nitrogens with one attached hydrogen (secondary N) is 1. The standard InChI is InChI=1S/C27H32N6S/c1-14(2)22-23-17(5)25(20-10-19-9-18(20)11-32(19)8-6-7-28)34-27(23)31-24(22)21-12-33-26(29-13-30-33)16(4)15(21)3/h12-14,18-20,31H,6,8-11H2,1-5H3/t18-,19?,20+/m0/s1. The number of nitriles is 1. The van der Waals surface area contributed by atoms with Crippen molar-refractivity contribution in [1.29, 1.82) is 5.26 Å². The molecule has 4 aromatic heterocycles. The first-order valence-corrected chi connectivity index (χ1v) is 13.3. The summed E-state index contributed by atoms with van der Waals surface area (Å²) in [5.41, 5.74) is 8.73. The monoisotopic (exact) mass is 472 g/mol. The molecule has 2 aliphatic rings. The fraction of sp³-hybridized carbons (Fsp3) is 0.519. The molecule has 3 atom stereocenters. The lowest BCUT2D eigenvalue weighted by molar-refractivity contribution is 0.204. The smallest absolute Gasteiger partial charge is 0.158 e. The lowest BCUT2D eigenvalue weighted by Gasteiger charge is -2.31. The van der Waals surface area contributed by atoms with Crippen LogP contribution in [0.5, 0.6) is 0 Å². The van der Waals surface area contributed by atoms with E-state index in [0.717, 1.165) is 24.7 Å². The SMILES string of the molecule is Cc1c(-c2[nH]c3sc([C@@H]4CC5C[C@H]4CN5CCC#N)c(C)c3c2C(C)C)cn2ncnc2c1C. The Hall–Kier alpha value is -2.69. The van der Waals surface area contributed by atoms with E-state index in [1.807, 2.05) is 15.9 Å². The summed E-state index contributed by atoms with van der Waals surface area (Å²) in [7, 11) is 0. The summed E-state index contributed by atoms with van der Waals surface area (Å²) >= 11 is 1.98. The van der Waals surface area contributed by atoms with Crippen LogP contribution in [0, 0.1) is 38.0 Å². The Morgan fingerprint density at radius 1 is 1.21 bits per heavy atom. The highest BCUT2D eigenvalue weighted by atomic mass is 32.1. The van der Waals surface area contributed by atoms with Gasteiger partial charge in [-0.1, -0.05) is 13.8 Å². The predicted octanol–water partition coefficient (Wildman–Crippen LogP) is 6.08. The van der Waals surface area contributed by atoms with E-state index in [9.17, 15) is 0 Å². The lowest BCUT2D eigenvalue weighted by Crippen LogP contribution is -2.35. The molecule has 1 saturated carbocycles. The number of aryl methyl sites for hydroxylation is 2. The van der Waals surface area contributed by atoms with Gasteiger partial charge in [-0.2, -0.15) is 10.4 Å². The summed E-state index contributed by atoms with van der Waals surface area (Å²) in [5.74, 6) is 1.80. The van der Waals surface area contributed by atoms with Gasteiger partial charge >= 0.3 is 0 Å². The molecule has 4 aromatic rings. The number of hydrogen-bond donors (Lipinski definition) is 1. The molecule has 34 heavy (non-hydrogen) atoms. The molecule has 6 nitrogen and oxygen atoms in total. The normalized spacial score (nSPS) is 22.6. The number of nitrogens with zero attached hydrogens (tertiary/aromatic N) is 5. The van der Waals surface area contributed by atoms with Gasteiger partial charge in [0.05, 0.1) is 11.8 Å². The fourth-order valence-electron chi connectivity index (χ4n) is 6.68. The second kappa shape index (κ2) is 7.93. The van der Waals surface area contributed by atoms with Gasteiger partial charge in [-0.25, -0.2) is 9.50 Å². The van der Waals surface area contributed by atoms with Gasteiger partial charge < -0.3 is 4.98 Å². The molecule has 0 amide bonds. The first-order valence-electron chi connectivity index (χ1n) is 12.4. The van der Waals surface area contributed by atoms with Gasteiger partial charge in [0.15, 0.2) is 5.65 Å². The number of likely N-dealkylation sites (tertiary alicyclic amines) is 1. The second-order valence-electron chi connectivity index (χ2n) is 10.6. The Kier molecular flexibility index (Phi) is 5.09. The van der Waals surface area contributed by atoms with Gasteiger partial charge in [0.1, 0.15) is 11.2 Å². The third kappa shape index (κ3) is 3.08. The van der Waals surface area contributed by atoms with Crippen molar-refractivity contribution >= 4 is 27.2 Å². The number of hydrogen-bond acceptors (Lipinski definition) is 5. The molecule has 5 heterocycles. The quantitative estimate of drug-likeness (QED) is 0.382. The van der Waals surface area contributed by atoms with Crippen molar-refractivity contribution < 1.29 is 0 Å². The van der Waals surface area contributed by atoms with E-state index >= 15 is 0 Å². The van der Waals surface area contributed by atoms with Crippen LogP contribution in [-0.4, -0.2) is 43.6 Å². The molecule has 7 heteroatoms. The van der Waals surface area contributed by atoms with Gasteiger partial charge in [-0.15, -0.1) is 11.3 Å². The van der Waals surface area contributed by atoms with Crippen molar-refractivity contribution in [3.63, 3.8) is 0 Å². The zero-order valence-electron chi connectivity index (χ0n) is 20.6.